The van der Waals surface area contributed by atoms with E-state index in [9.17, 15) is 4.79 Å². The Bertz CT molecular complexity index is 628. The number of hydrogen-bond acceptors (Lipinski definition) is 3. The molecule has 0 saturated carbocycles. The van der Waals surface area contributed by atoms with Gasteiger partial charge in [0.15, 0.2) is 0 Å². The highest BCUT2D eigenvalue weighted by atomic mass is 79.9. The number of nitrogens with zero attached hydrogens (tertiary/aromatic N) is 1. The van der Waals surface area contributed by atoms with Crippen molar-refractivity contribution < 1.29 is 4.79 Å². The van der Waals surface area contributed by atoms with Gasteiger partial charge in [-0.25, -0.2) is 0 Å². The maximum atomic E-state index is 12.4. The van der Waals surface area contributed by atoms with Gasteiger partial charge < -0.3 is 10.6 Å². The summed E-state index contributed by atoms with van der Waals surface area (Å²) in [5.41, 5.74) is 3.12. The summed E-state index contributed by atoms with van der Waals surface area (Å²) in [5.74, 6) is -0.171. The van der Waals surface area contributed by atoms with Crippen molar-refractivity contribution in [1.29, 1.82) is 0 Å². The van der Waals surface area contributed by atoms with E-state index >= 15 is 0 Å². The number of benzene rings is 1. The Balaban J connectivity index is 2.26. The van der Waals surface area contributed by atoms with Gasteiger partial charge in [0.05, 0.1) is 11.3 Å². The van der Waals surface area contributed by atoms with Crippen LogP contribution >= 0.6 is 15.9 Å². The molecule has 104 valence electrons. The normalized spacial score (nSPS) is 10.2. The first-order valence-electron chi connectivity index (χ1n) is 6.37. The minimum atomic E-state index is -0.171. The number of amides is 1. The number of carbonyl (C=O) groups excluding carboxylic acids is 1. The number of pyridine rings is 1. The maximum absolute atomic E-state index is 12.4. The van der Waals surface area contributed by atoms with Gasteiger partial charge in [-0.3, -0.25) is 9.78 Å². The zero-order chi connectivity index (χ0) is 14.5. The van der Waals surface area contributed by atoms with Crippen LogP contribution in [0.15, 0.2) is 41.1 Å². The average Bonchev–Trinajstić information content (AvgIpc) is 2.44. The molecule has 0 bridgehead atoms. The molecule has 0 aliphatic heterocycles. The summed E-state index contributed by atoms with van der Waals surface area (Å²) in [5, 5.41) is 6.08. The molecule has 20 heavy (non-hydrogen) atoms. The lowest BCUT2D eigenvalue weighted by atomic mass is 10.1. The predicted molar refractivity (Wildman–Crippen MR) is 85.2 cm³/mol. The lowest BCUT2D eigenvalue weighted by Gasteiger charge is -2.12. The number of nitrogens with one attached hydrogen (secondary N) is 2. The van der Waals surface area contributed by atoms with Crippen LogP contribution in [-0.4, -0.2) is 17.4 Å². The van der Waals surface area contributed by atoms with Crippen molar-refractivity contribution >= 4 is 33.2 Å². The molecule has 1 aromatic carbocycles. The molecule has 5 heteroatoms. The number of anilines is 2. The highest BCUT2D eigenvalue weighted by Gasteiger charge is 2.12. The molecule has 2 aromatic rings. The second-order valence-electron chi connectivity index (χ2n) is 4.36. The monoisotopic (exact) mass is 333 g/mol. The number of halogens is 1. The van der Waals surface area contributed by atoms with Crippen molar-refractivity contribution in [2.75, 3.05) is 17.2 Å². The number of rotatable bonds is 4. The molecule has 2 N–H and O–H groups in total. The van der Waals surface area contributed by atoms with Crippen molar-refractivity contribution in [2.45, 2.75) is 13.8 Å². The molecule has 4 nitrogen and oxygen atoms in total. The molecule has 0 saturated heterocycles. The summed E-state index contributed by atoms with van der Waals surface area (Å²) < 4.78 is 0.927. The van der Waals surface area contributed by atoms with Gasteiger partial charge in [-0.2, -0.15) is 0 Å². The van der Waals surface area contributed by atoms with E-state index in [4.69, 9.17) is 0 Å². The molecule has 0 aliphatic rings. The van der Waals surface area contributed by atoms with Gasteiger partial charge in [-0.15, -0.1) is 0 Å². The molecular weight excluding hydrogens is 318 g/mol. The average molecular weight is 334 g/mol. The third kappa shape index (κ3) is 3.36. The second-order valence-corrected chi connectivity index (χ2v) is 5.28. The topological polar surface area (TPSA) is 54.0 Å². The van der Waals surface area contributed by atoms with E-state index in [0.29, 0.717) is 5.56 Å². The van der Waals surface area contributed by atoms with Gasteiger partial charge in [-0.05, 0) is 37.6 Å². The predicted octanol–water partition coefficient (Wildman–Crippen LogP) is 3.84. The molecule has 2 rings (SSSR count). The third-order valence-electron chi connectivity index (χ3n) is 2.88. The zero-order valence-corrected chi connectivity index (χ0v) is 13.0. The fourth-order valence-electron chi connectivity index (χ4n) is 1.84. The van der Waals surface area contributed by atoms with E-state index in [0.717, 1.165) is 28.0 Å². The number of aryl methyl sites for hydroxylation is 1. The Morgan fingerprint density at radius 3 is 2.85 bits per heavy atom. The summed E-state index contributed by atoms with van der Waals surface area (Å²) >= 11 is 3.41. The van der Waals surface area contributed by atoms with Crippen LogP contribution in [0.1, 0.15) is 22.8 Å². The third-order valence-corrected chi connectivity index (χ3v) is 3.37. The molecule has 0 aliphatic carbocycles. The largest absolute Gasteiger partial charge is 0.385 e. The summed E-state index contributed by atoms with van der Waals surface area (Å²) in [6.45, 7) is 4.69. The van der Waals surface area contributed by atoms with Crippen molar-refractivity contribution in [1.82, 2.24) is 4.98 Å². The fraction of sp³-hybridized carbons (Fsp3) is 0.200. The molecule has 0 spiro atoms. The Kier molecular flexibility index (Phi) is 4.74. The van der Waals surface area contributed by atoms with E-state index in [-0.39, 0.29) is 5.91 Å². The highest BCUT2D eigenvalue weighted by molar-refractivity contribution is 9.10. The van der Waals surface area contributed by atoms with Crippen LogP contribution in [0.3, 0.4) is 0 Å². The van der Waals surface area contributed by atoms with E-state index < -0.39 is 0 Å². The first-order chi connectivity index (χ1) is 9.61. The molecule has 0 atom stereocenters. The van der Waals surface area contributed by atoms with Gasteiger partial charge in [0.25, 0.3) is 5.91 Å². The molecule has 0 fully saturated rings. The van der Waals surface area contributed by atoms with E-state index in [1.54, 1.807) is 18.5 Å². The Labute approximate surface area is 126 Å². The Morgan fingerprint density at radius 1 is 1.30 bits per heavy atom. The number of aromatic nitrogens is 1. The first-order valence-corrected chi connectivity index (χ1v) is 7.16. The van der Waals surface area contributed by atoms with Gasteiger partial charge >= 0.3 is 0 Å². The van der Waals surface area contributed by atoms with Gasteiger partial charge in [0.2, 0.25) is 0 Å². The molecular formula is C15H16BrN3O. The van der Waals surface area contributed by atoms with Crippen LogP contribution in [0.4, 0.5) is 11.4 Å². The molecule has 0 unspecified atom stereocenters. The lowest BCUT2D eigenvalue weighted by molar-refractivity contribution is 0.102. The summed E-state index contributed by atoms with van der Waals surface area (Å²) in [6, 6.07) is 7.58. The quantitative estimate of drug-likeness (QED) is 0.893. The van der Waals surface area contributed by atoms with Crippen LogP contribution < -0.4 is 10.6 Å². The fourth-order valence-corrected chi connectivity index (χ4v) is 2.20. The van der Waals surface area contributed by atoms with E-state index in [1.165, 1.54) is 0 Å². The standard InChI is InChI=1S/C15H16BrN3O/c1-3-18-13-6-7-17-9-12(13)15(20)19-14-8-11(16)5-4-10(14)2/h4-9H,3H2,1-2H3,(H,17,18)(H,19,20). The van der Waals surface area contributed by atoms with Crippen LogP contribution in [0.5, 0.6) is 0 Å². The summed E-state index contributed by atoms with van der Waals surface area (Å²) in [7, 11) is 0. The van der Waals surface area contributed by atoms with Crippen molar-refractivity contribution in [3.05, 3.63) is 52.3 Å². The molecule has 1 heterocycles. The SMILES string of the molecule is CCNc1ccncc1C(=O)Nc1cc(Br)ccc1C. The molecule has 1 amide bonds. The van der Waals surface area contributed by atoms with Crippen LogP contribution in [0.25, 0.3) is 0 Å². The zero-order valence-electron chi connectivity index (χ0n) is 11.4. The molecule has 1 aromatic heterocycles. The number of carbonyl (C=O) groups is 1. The van der Waals surface area contributed by atoms with Gasteiger partial charge in [0.1, 0.15) is 0 Å². The van der Waals surface area contributed by atoms with E-state index in [1.807, 2.05) is 32.0 Å². The summed E-state index contributed by atoms with van der Waals surface area (Å²) in [6.07, 6.45) is 3.24. The van der Waals surface area contributed by atoms with Crippen LogP contribution in [0, 0.1) is 6.92 Å². The Hall–Kier alpha value is -1.88. The van der Waals surface area contributed by atoms with E-state index in [2.05, 4.69) is 31.5 Å². The van der Waals surface area contributed by atoms with Crippen molar-refractivity contribution in [3.8, 4) is 0 Å². The number of hydrogen-bond donors (Lipinski definition) is 2. The van der Waals surface area contributed by atoms with Crippen molar-refractivity contribution in [2.24, 2.45) is 0 Å². The lowest BCUT2D eigenvalue weighted by Crippen LogP contribution is -2.15. The van der Waals surface area contributed by atoms with Crippen molar-refractivity contribution in [3.63, 3.8) is 0 Å². The minimum absolute atomic E-state index is 0.171. The van der Waals surface area contributed by atoms with Gasteiger partial charge in [-0.1, -0.05) is 22.0 Å². The van der Waals surface area contributed by atoms with Gasteiger partial charge in [0, 0.05) is 29.1 Å². The Morgan fingerprint density at radius 2 is 2.10 bits per heavy atom. The second kappa shape index (κ2) is 6.52. The highest BCUT2D eigenvalue weighted by Crippen LogP contribution is 2.22. The first kappa shape index (κ1) is 14.5. The summed E-state index contributed by atoms with van der Waals surface area (Å²) in [4.78, 5) is 16.4. The smallest absolute Gasteiger partial charge is 0.259 e. The maximum Gasteiger partial charge on any atom is 0.259 e. The van der Waals surface area contributed by atoms with Crippen LogP contribution in [0.2, 0.25) is 0 Å². The molecule has 0 radical (unpaired) electrons. The van der Waals surface area contributed by atoms with Crippen LogP contribution in [-0.2, 0) is 0 Å². The minimum Gasteiger partial charge on any atom is -0.385 e.